The first-order valence-electron chi connectivity index (χ1n) is 8.70. The lowest BCUT2D eigenvalue weighted by atomic mass is 10.1. The molecule has 1 amide bonds. The van der Waals surface area contributed by atoms with Crippen molar-refractivity contribution in [1.82, 2.24) is 25.3 Å². The van der Waals surface area contributed by atoms with Gasteiger partial charge in [0.05, 0.1) is 12.2 Å². The number of nitrogens with two attached hydrogens (primary N) is 1. The van der Waals surface area contributed by atoms with E-state index in [1.165, 1.54) is 0 Å². The third-order valence-electron chi connectivity index (χ3n) is 4.76. The highest BCUT2D eigenvalue weighted by Gasteiger charge is 2.26. The lowest BCUT2D eigenvalue weighted by Crippen LogP contribution is -2.54. The number of benzene rings is 1. The number of carbonyl (C=O) groups is 1. The molecule has 0 radical (unpaired) electrons. The monoisotopic (exact) mass is 351 g/mol. The summed E-state index contributed by atoms with van der Waals surface area (Å²) in [6.45, 7) is 2.68. The third kappa shape index (κ3) is 3.23. The SMILES string of the molecule is NC(Cc1ccn[nH]1)C(=O)N1CCN(c2nncc3ccccc23)CC1. The number of aromatic nitrogens is 4. The Morgan fingerprint density at radius 3 is 2.77 bits per heavy atom. The van der Waals surface area contributed by atoms with Gasteiger partial charge in [-0.3, -0.25) is 9.89 Å². The Kier molecular flexibility index (Phi) is 4.49. The minimum Gasteiger partial charge on any atom is -0.351 e. The normalized spacial score (nSPS) is 16.0. The van der Waals surface area contributed by atoms with Crippen molar-refractivity contribution >= 4 is 22.5 Å². The van der Waals surface area contributed by atoms with Gasteiger partial charge in [-0.2, -0.15) is 10.2 Å². The Labute approximate surface area is 151 Å². The fourth-order valence-corrected chi connectivity index (χ4v) is 3.34. The van der Waals surface area contributed by atoms with Gasteiger partial charge in [0.1, 0.15) is 0 Å². The second kappa shape index (κ2) is 7.09. The first-order valence-corrected chi connectivity index (χ1v) is 8.70. The lowest BCUT2D eigenvalue weighted by Gasteiger charge is -2.36. The number of fused-ring (bicyclic) bond motifs is 1. The van der Waals surface area contributed by atoms with E-state index >= 15 is 0 Å². The molecule has 0 aliphatic carbocycles. The number of piperazine rings is 1. The van der Waals surface area contributed by atoms with Gasteiger partial charge in [-0.15, -0.1) is 5.10 Å². The van der Waals surface area contributed by atoms with E-state index in [0.29, 0.717) is 32.6 Å². The molecule has 8 heteroatoms. The van der Waals surface area contributed by atoms with Gasteiger partial charge >= 0.3 is 0 Å². The molecule has 2 aromatic heterocycles. The molecule has 3 heterocycles. The predicted molar refractivity (Wildman–Crippen MR) is 98.6 cm³/mol. The number of aromatic amines is 1. The number of amides is 1. The molecular weight excluding hydrogens is 330 g/mol. The number of H-pyrrole nitrogens is 1. The van der Waals surface area contributed by atoms with Gasteiger partial charge in [-0.1, -0.05) is 24.3 Å². The first kappa shape index (κ1) is 16.5. The molecule has 0 spiro atoms. The summed E-state index contributed by atoms with van der Waals surface area (Å²) in [5.74, 6) is 0.847. The number of hydrogen-bond donors (Lipinski definition) is 2. The summed E-state index contributed by atoms with van der Waals surface area (Å²) in [5, 5.41) is 17.3. The Bertz CT molecular complexity index is 882. The molecule has 0 saturated carbocycles. The Balaban J connectivity index is 1.41. The maximum Gasteiger partial charge on any atom is 0.240 e. The number of rotatable bonds is 4. The number of hydrogen-bond acceptors (Lipinski definition) is 6. The Morgan fingerprint density at radius 2 is 2.00 bits per heavy atom. The highest BCUT2D eigenvalue weighted by molar-refractivity contribution is 5.91. The van der Waals surface area contributed by atoms with Crippen LogP contribution in [0.15, 0.2) is 42.7 Å². The Morgan fingerprint density at radius 1 is 1.19 bits per heavy atom. The van der Waals surface area contributed by atoms with E-state index in [1.807, 2.05) is 29.2 Å². The van der Waals surface area contributed by atoms with Crippen LogP contribution < -0.4 is 10.6 Å². The van der Waals surface area contributed by atoms with Crippen molar-refractivity contribution in [2.75, 3.05) is 31.1 Å². The maximum atomic E-state index is 12.6. The molecule has 134 valence electrons. The molecule has 1 atom stereocenters. The second-order valence-electron chi connectivity index (χ2n) is 6.46. The maximum absolute atomic E-state index is 12.6. The molecule has 1 unspecified atom stereocenters. The standard InChI is InChI=1S/C18H21N7O/c19-16(11-14-5-6-20-22-14)18(26)25-9-7-24(8-10-25)17-15-4-2-1-3-13(15)12-21-23-17/h1-6,12,16H,7-11,19H2,(H,20,22). The van der Waals surface area contributed by atoms with Crippen LogP contribution in [0.4, 0.5) is 5.82 Å². The highest BCUT2D eigenvalue weighted by Crippen LogP contribution is 2.24. The summed E-state index contributed by atoms with van der Waals surface area (Å²) >= 11 is 0. The average Bonchev–Trinajstić information content (AvgIpc) is 3.20. The van der Waals surface area contributed by atoms with E-state index in [-0.39, 0.29) is 5.91 Å². The summed E-state index contributed by atoms with van der Waals surface area (Å²) in [4.78, 5) is 16.6. The summed E-state index contributed by atoms with van der Waals surface area (Å²) in [7, 11) is 0. The topological polar surface area (TPSA) is 104 Å². The van der Waals surface area contributed by atoms with Crippen molar-refractivity contribution in [2.45, 2.75) is 12.5 Å². The number of nitrogens with zero attached hydrogens (tertiary/aromatic N) is 5. The fourth-order valence-electron chi connectivity index (χ4n) is 3.34. The van der Waals surface area contributed by atoms with Crippen LogP contribution in [0.2, 0.25) is 0 Å². The number of anilines is 1. The van der Waals surface area contributed by atoms with E-state index in [9.17, 15) is 4.79 Å². The second-order valence-corrected chi connectivity index (χ2v) is 6.46. The molecule has 1 fully saturated rings. The fraction of sp³-hybridized carbons (Fsp3) is 0.333. The Hall–Kier alpha value is -3.00. The van der Waals surface area contributed by atoms with Crippen LogP contribution in [-0.4, -0.2) is 63.4 Å². The summed E-state index contributed by atoms with van der Waals surface area (Å²) in [6.07, 6.45) is 3.90. The molecule has 1 aromatic carbocycles. The van der Waals surface area contributed by atoms with Crippen LogP contribution in [0.3, 0.4) is 0 Å². The van der Waals surface area contributed by atoms with E-state index in [1.54, 1.807) is 12.4 Å². The average molecular weight is 351 g/mol. The van der Waals surface area contributed by atoms with Gasteiger partial charge < -0.3 is 15.5 Å². The van der Waals surface area contributed by atoms with E-state index in [4.69, 9.17) is 5.73 Å². The van der Waals surface area contributed by atoms with Crippen molar-refractivity contribution in [2.24, 2.45) is 5.73 Å². The van der Waals surface area contributed by atoms with Crippen LogP contribution in [-0.2, 0) is 11.2 Å². The third-order valence-corrected chi connectivity index (χ3v) is 4.76. The molecular formula is C18H21N7O. The smallest absolute Gasteiger partial charge is 0.240 e. The van der Waals surface area contributed by atoms with Crippen LogP contribution in [0.1, 0.15) is 5.69 Å². The minimum absolute atomic E-state index is 0.0248. The molecule has 3 aromatic rings. The summed E-state index contributed by atoms with van der Waals surface area (Å²) in [5.41, 5.74) is 6.96. The van der Waals surface area contributed by atoms with E-state index in [2.05, 4.69) is 31.4 Å². The van der Waals surface area contributed by atoms with Gasteiger partial charge in [0.2, 0.25) is 5.91 Å². The molecule has 8 nitrogen and oxygen atoms in total. The molecule has 0 bridgehead atoms. The van der Waals surface area contributed by atoms with Gasteiger partial charge in [0.25, 0.3) is 0 Å². The molecule has 1 aliphatic heterocycles. The molecule has 1 saturated heterocycles. The van der Waals surface area contributed by atoms with Crippen molar-refractivity contribution in [1.29, 1.82) is 0 Å². The van der Waals surface area contributed by atoms with Gasteiger partial charge in [0.15, 0.2) is 5.82 Å². The minimum atomic E-state index is -0.556. The van der Waals surface area contributed by atoms with Gasteiger partial charge in [-0.25, -0.2) is 0 Å². The van der Waals surface area contributed by atoms with E-state index < -0.39 is 6.04 Å². The predicted octanol–water partition coefficient (Wildman–Crippen LogP) is 0.571. The van der Waals surface area contributed by atoms with Gasteiger partial charge in [0, 0.05) is 55.3 Å². The van der Waals surface area contributed by atoms with Crippen LogP contribution in [0.25, 0.3) is 10.8 Å². The zero-order chi connectivity index (χ0) is 17.9. The van der Waals surface area contributed by atoms with Crippen molar-refractivity contribution in [3.05, 3.63) is 48.4 Å². The molecule has 3 N–H and O–H groups in total. The summed E-state index contributed by atoms with van der Waals surface area (Å²) in [6, 6.07) is 9.36. The number of nitrogens with one attached hydrogen (secondary N) is 1. The molecule has 1 aliphatic rings. The van der Waals surface area contributed by atoms with Crippen LogP contribution in [0.5, 0.6) is 0 Å². The quantitative estimate of drug-likeness (QED) is 0.712. The van der Waals surface area contributed by atoms with Crippen molar-refractivity contribution in [3.8, 4) is 0 Å². The van der Waals surface area contributed by atoms with Crippen LogP contribution >= 0.6 is 0 Å². The van der Waals surface area contributed by atoms with E-state index in [0.717, 1.165) is 22.3 Å². The van der Waals surface area contributed by atoms with Crippen molar-refractivity contribution < 1.29 is 4.79 Å². The molecule has 26 heavy (non-hydrogen) atoms. The van der Waals surface area contributed by atoms with Crippen LogP contribution in [0, 0.1) is 0 Å². The molecule has 4 rings (SSSR count). The largest absolute Gasteiger partial charge is 0.351 e. The number of carbonyl (C=O) groups excluding carboxylic acids is 1. The summed E-state index contributed by atoms with van der Waals surface area (Å²) < 4.78 is 0. The lowest BCUT2D eigenvalue weighted by molar-refractivity contribution is -0.132. The van der Waals surface area contributed by atoms with Gasteiger partial charge in [-0.05, 0) is 6.07 Å². The first-order chi connectivity index (χ1) is 12.7. The highest BCUT2D eigenvalue weighted by atomic mass is 16.2. The zero-order valence-electron chi connectivity index (χ0n) is 14.4. The van der Waals surface area contributed by atoms with Crippen molar-refractivity contribution in [3.63, 3.8) is 0 Å². The zero-order valence-corrected chi connectivity index (χ0v) is 14.4.